The molecule has 0 spiro atoms. The van der Waals surface area contributed by atoms with Crippen molar-refractivity contribution in [2.75, 3.05) is 0 Å². The largest absolute Gasteiger partial charge is 0.320 e. The van der Waals surface area contributed by atoms with Gasteiger partial charge in [-0.15, -0.1) is 15.7 Å². The number of benzene rings is 1. The number of aryl methyl sites for hydroxylation is 3. The van der Waals surface area contributed by atoms with Crippen molar-refractivity contribution in [2.45, 2.75) is 78.2 Å². The van der Waals surface area contributed by atoms with Gasteiger partial charge in [0.2, 0.25) is 4.80 Å². The molecule has 0 atom stereocenters. The Morgan fingerprint density at radius 2 is 1.67 bits per heavy atom. The molecule has 0 saturated heterocycles. The van der Waals surface area contributed by atoms with Crippen LogP contribution in [0, 0.1) is 33.6 Å². The van der Waals surface area contributed by atoms with Crippen LogP contribution in [-0.4, -0.2) is 13.0 Å². The monoisotopic (exact) mass is 406 g/mol. The predicted octanol–water partition coefficient (Wildman–Crippen LogP) is 4.78. The molecule has 1 aromatic carbocycles. The fourth-order valence-electron chi connectivity index (χ4n) is 3.75. The summed E-state index contributed by atoms with van der Waals surface area (Å²) in [5.41, 5.74) is 3.69. The lowest BCUT2D eigenvalue weighted by Gasteiger charge is -2.17. The summed E-state index contributed by atoms with van der Waals surface area (Å²) in [6.45, 7) is 15.1. The Balaban J connectivity index is 2.21. The van der Waals surface area contributed by atoms with Gasteiger partial charge in [-0.2, -0.15) is 8.42 Å². The minimum atomic E-state index is -3.76. The van der Waals surface area contributed by atoms with E-state index in [4.69, 9.17) is 0 Å². The van der Waals surface area contributed by atoms with Crippen LogP contribution < -0.4 is 4.80 Å². The van der Waals surface area contributed by atoms with Crippen molar-refractivity contribution in [3.05, 3.63) is 44.2 Å². The van der Waals surface area contributed by atoms with Crippen LogP contribution in [-0.2, 0) is 22.0 Å². The fourth-order valence-corrected chi connectivity index (χ4v) is 6.58. The van der Waals surface area contributed by atoms with Gasteiger partial charge in [-0.05, 0) is 63.0 Å². The summed E-state index contributed by atoms with van der Waals surface area (Å²) in [5, 5.41) is 0. The molecule has 0 unspecified atom stereocenters. The van der Waals surface area contributed by atoms with E-state index in [2.05, 4.69) is 36.7 Å². The molecule has 1 saturated carbocycles. The topological polar surface area (TPSA) is 51.4 Å². The standard InChI is InChI=1S/C21H30N2O2S2/c1-13-10-14(2)18(15(3)11-13)27(24,25)22-20-23(12-17-8-9-17)16(4)19(26-20)21(5,6)7/h10-11,17H,8-9,12H2,1-7H3. The maximum Gasteiger partial charge on any atom is 0.285 e. The lowest BCUT2D eigenvalue weighted by atomic mass is 9.93. The van der Waals surface area contributed by atoms with Crippen LogP contribution in [0.2, 0.25) is 0 Å². The van der Waals surface area contributed by atoms with Crippen molar-refractivity contribution in [3.63, 3.8) is 0 Å². The van der Waals surface area contributed by atoms with E-state index < -0.39 is 10.0 Å². The van der Waals surface area contributed by atoms with E-state index in [0.717, 1.165) is 28.9 Å². The van der Waals surface area contributed by atoms with Crippen LogP contribution in [0.25, 0.3) is 0 Å². The Morgan fingerprint density at radius 1 is 1.11 bits per heavy atom. The first-order valence-corrected chi connectivity index (χ1v) is 11.8. The van der Waals surface area contributed by atoms with Gasteiger partial charge in [-0.25, -0.2) is 0 Å². The fraction of sp³-hybridized carbons (Fsp3) is 0.571. The van der Waals surface area contributed by atoms with Crippen LogP contribution in [0.4, 0.5) is 0 Å². The quantitative estimate of drug-likeness (QED) is 0.734. The number of aromatic nitrogens is 1. The zero-order valence-corrected chi connectivity index (χ0v) is 19.0. The molecular formula is C21H30N2O2S2. The number of hydrogen-bond donors (Lipinski definition) is 0. The van der Waals surface area contributed by atoms with E-state index in [-0.39, 0.29) is 5.41 Å². The second-order valence-electron chi connectivity index (χ2n) is 8.90. The minimum absolute atomic E-state index is 0.0344. The third-order valence-corrected chi connectivity index (χ3v) is 8.33. The summed E-state index contributed by atoms with van der Waals surface area (Å²) < 4.78 is 32.9. The van der Waals surface area contributed by atoms with Gasteiger partial charge in [0.1, 0.15) is 0 Å². The smallest absolute Gasteiger partial charge is 0.285 e. The van der Waals surface area contributed by atoms with Crippen LogP contribution >= 0.6 is 11.3 Å². The average molecular weight is 407 g/mol. The Bertz CT molecular complexity index is 1020. The Morgan fingerprint density at radius 3 is 2.15 bits per heavy atom. The Hall–Kier alpha value is -1.40. The highest BCUT2D eigenvalue weighted by molar-refractivity contribution is 7.90. The summed E-state index contributed by atoms with van der Waals surface area (Å²) >= 11 is 1.52. The SMILES string of the molecule is Cc1cc(C)c(S(=O)(=O)N=c2sc(C(C)(C)C)c(C)n2CC2CC2)c(C)c1. The summed E-state index contributed by atoms with van der Waals surface area (Å²) in [4.78, 5) is 2.15. The Labute approximate surface area is 167 Å². The van der Waals surface area contributed by atoms with Gasteiger partial charge in [0.15, 0.2) is 0 Å². The third-order valence-electron chi connectivity index (χ3n) is 5.04. The van der Waals surface area contributed by atoms with Crippen molar-refractivity contribution in [3.8, 4) is 0 Å². The molecule has 1 aliphatic carbocycles. The predicted molar refractivity (Wildman–Crippen MR) is 112 cm³/mol. The highest BCUT2D eigenvalue weighted by Crippen LogP contribution is 2.34. The van der Waals surface area contributed by atoms with E-state index in [9.17, 15) is 8.42 Å². The molecule has 6 heteroatoms. The molecule has 0 bridgehead atoms. The molecule has 1 heterocycles. The van der Waals surface area contributed by atoms with Gasteiger partial charge in [-0.1, -0.05) is 38.5 Å². The molecule has 0 radical (unpaired) electrons. The minimum Gasteiger partial charge on any atom is -0.320 e. The number of hydrogen-bond acceptors (Lipinski definition) is 3. The van der Waals surface area contributed by atoms with Crippen LogP contribution in [0.15, 0.2) is 21.4 Å². The second-order valence-corrected chi connectivity index (χ2v) is 11.4. The summed E-state index contributed by atoms with van der Waals surface area (Å²) in [5.74, 6) is 0.649. The van der Waals surface area contributed by atoms with Crippen LogP contribution in [0.5, 0.6) is 0 Å². The first-order chi connectivity index (χ1) is 12.4. The van der Waals surface area contributed by atoms with Gasteiger partial charge in [-0.3, -0.25) is 0 Å². The molecule has 0 aliphatic heterocycles. The lowest BCUT2D eigenvalue weighted by Crippen LogP contribution is -2.20. The second kappa shape index (κ2) is 6.89. The van der Waals surface area contributed by atoms with E-state index in [1.54, 1.807) is 0 Å². The van der Waals surface area contributed by atoms with E-state index in [1.165, 1.54) is 29.1 Å². The van der Waals surface area contributed by atoms with Gasteiger partial charge < -0.3 is 4.57 Å². The van der Waals surface area contributed by atoms with E-state index in [1.807, 2.05) is 32.9 Å². The van der Waals surface area contributed by atoms with E-state index in [0.29, 0.717) is 15.6 Å². The highest BCUT2D eigenvalue weighted by Gasteiger charge is 2.28. The summed E-state index contributed by atoms with van der Waals surface area (Å²) in [6.07, 6.45) is 2.44. The normalized spacial score (nSPS) is 16.2. The molecule has 0 amide bonds. The first-order valence-electron chi connectivity index (χ1n) is 9.49. The number of nitrogens with zero attached hydrogens (tertiary/aromatic N) is 2. The van der Waals surface area contributed by atoms with Crippen molar-refractivity contribution >= 4 is 21.4 Å². The molecule has 1 fully saturated rings. The van der Waals surface area contributed by atoms with Crippen molar-refractivity contribution < 1.29 is 8.42 Å². The van der Waals surface area contributed by atoms with Gasteiger partial charge in [0.05, 0.1) is 4.90 Å². The molecule has 3 rings (SSSR count). The molecule has 1 aliphatic rings. The highest BCUT2D eigenvalue weighted by atomic mass is 32.2. The molecule has 148 valence electrons. The van der Waals surface area contributed by atoms with Gasteiger partial charge >= 0.3 is 0 Å². The van der Waals surface area contributed by atoms with Crippen molar-refractivity contribution in [1.29, 1.82) is 0 Å². The molecule has 27 heavy (non-hydrogen) atoms. The number of rotatable bonds is 4. The molecule has 4 nitrogen and oxygen atoms in total. The maximum atomic E-state index is 13.2. The molecular weight excluding hydrogens is 376 g/mol. The molecule has 0 N–H and O–H groups in total. The number of thiazole rings is 1. The lowest BCUT2D eigenvalue weighted by molar-refractivity contribution is 0.562. The van der Waals surface area contributed by atoms with Gasteiger partial charge in [0.25, 0.3) is 10.0 Å². The zero-order valence-electron chi connectivity index (χ0n) is 17.4. The van der Waals surface area contributed by atoms with Crippen molar-refractivity contribution in [2.24, 2.45) is 10.3 Å². The summed E-state index contributed by atoms with van der Waals surface area (Å²) in [6, 6.07) is 3.82. The first kappa shape index (κ1) is 20.3. The van der Waals surface area contributed by atoms with Crippen LogP contribution in [0.3, 0.4) is 0 Å². The average Bonchev–Trinajstić information content (AvgIpc) is 3.24. The van der Waals surface area contributed by atoms with Crippen LogP contribution in [0.1, 0.15) is 60.9 Å². The zero-order chi connectivity index (χ0) is 20.1. The van der Waals surface area contributed by atoms with Crippen molar-refractivity contribution in [1.82, 2.24) is 4.57 Å². The maximum absolute atomic E-state index is 13.2. The summed E-state index contributed by atoms with van der Waals surface area (Å²) in [7, 11) is -3.76. The van der Waals surface area contributed by atoms with Gasteiger partial charge in [0, 0.05) is 17.1 Å². The third kappa shape index (κ3) is 4.21. The molecule has 2 aromatic rings. The molecule has 1 aromatic heterocycles. The number of sulfonamides is 1. The Kier molecular flexibility index (Phi) is 5.19. The van der Waals surface area contributed by atoms with E-state index >= 15 is 0 Å².